The van der Waals surface area contributed by atoms with Gasteiger partial charge in [0, 0.05) is 16.5 Å². The van der Waals surface area contributed by atoms with E-state index < -0.39 is 0 Å². The first-order valence-corrected chi connectivity index (χ1v) is 7.48. The van der Waals surface area contributed by atoms with Crippen molar-refractivity contribution in [2.75, 3.05) is 5.73 Å². The lowest BCUT2D eigenvalue weighted by Gasteiger charge is -2.29. The van der Waals surface area contributed by atoms with Gasteiger partial charge in [0.05, 0.1) is 0 Å². The zero-order chi connectivity index (χ0) is 16.0. The van der Waals surface area contributed by atoms with E-state index in [4.69, 9.17) is 10.7 Å². The molecule has 2 rings (SSSR count). The molecule has 0 amide bonds. The summed E-state index contributed by atoms with van der Waals surface area (Å²) < 4.78 is 2.18. The number of imidazole rings is 1. The molecule has 3 heteroatoms. The van der Waals surface area contributed by atoms with Crippen LogP contribution in [-0.4, -0.2) is 9.55 Å². The SMILES string of the molecule is Cc1ccccc1-c1nc(C(C)(C)C)n(C(C)(C)C)c1N. The number of hydrogen-bond donors (Lipinski definition) is 1. The Hall–Kier alpha value is -1.77. The van der Waals surface area contributed by atoms with Gasteiger partial charge in [-0.05, 0) is 33.3 Å². The summed E-state index contributed by atoms with van der Waals surface area (Å²) in [4.78, 5) is 4.92. The van der Waals surface area contributed by atoms with Crippen LogP contribution in [0.2, 0.25) is 0 Å². The van der Waals surface area contributed by atoms with Gasteiger partial charge in [0.15, 0.2) is 0 Å². The number of hydrogen-bond acceptors (Lipinski definition) is 2. The number of nitrogens with zero attached hydrogens (tertiary/aromatic N) is 2. The van der Waals surface area contributed by atoms with Crippen molar-refractivity contribution >= 4 is 5.82 Å². The summed E-state index contributed by atoms with van der Waals surface area (Å²) in [5, 5.41) is 0. The molecule has 0 radical (unpaired) electrons. The molecule has 3 nitrogen and oxygen atoms in total. The normalized spacial score (nSPS) is 12.7. The number of aromatic nitrogens is 2. The molecule has 0 spiro atoms. The number of nitrogens with two attached hydrogens (primary N) is 1. The van der Waals surface area contributed by atoms with Crippen LogP contribution in [0.25, 0.3) is 11.3 Å². The predicted octanol–water partition coefficient (Wildman–Crippen LogP) is 4.49. The molecule has 21 heavy (non-hydrogen) atoms. The highest BCUT2D eigenvalue weighted by molar-refractivity contribution is 5.74. The molecule has 0 saturated carbocycles. The highest BCUT2D eigenvalue weighted by atomic mass is 15.2. The van der Waals surface area contributed by atoms with E-state index in [2.05, 4.69) is 65.2 Å². The van der Waals surface area contributed by atoms with Crippen LogP contribution in [0.4, 0.5) is 5.82 Å². The standard InChI is InChI=1S/C18H27N3/c1-12-10-8-9-11-13(12)14-15(19)21(18(5,6)7)16(20-14)17(2,3)4/h8-11H,19H2,1-7H3. The third-order valence-corrected chi connectivity index (χ3v) is 3.65. The topological polar surface area (TPSA) is 43.8 Å². The van der Waals surface area contributed by atoms with Gasteiger partial charge in [0.1, 0.15) is 17.3 Å². The van der Waals surface area contributed by atoms with Crippen LogP contribution >= 0.6 is 0 Å². The molecule has 1 aromatic carbocycles. The molecule has 0 aliphatic carbocycles. The summed E-state index contributed by atoms with van der Waals surface area (Å²) in [7, 11) is 0. The molecule has 2 N–H and O–H groups in total. The Balaban J connectivity index is 2.77. The molecule has 0 saturated heterocycles. The van der Waals surface area contributed by atoms with Crippen LogP contribution in [0, 0.1) is 6.92 Å². The first kappa shape index (κ1) is 15.6. The first-order chi connectivity index (χ1) is 9.53. The highest BCUT2D eigenvalue weighted by Crippen LogP contribution is 2.37. The van der Waals surface area contributed by atoms with Gasteiger partial charge in [-0.3, -0.25) is 0 Å². The average Bonchev–Trinajstić information content (AvgIpc) is 2.67. The van der Waals surface area contributed by atoms with E-state index in [1.54, 1.807) is 0 Å². The van der Waals surface area contributed by atoms with Crippen LogP contribution in [0.15, 0.2) is 24.3 Å². The molecule has 0 atom stereocenters. The minimum absolute atomic E-state index is 0.0532. The lowest BCUT2D eigenvalue weighted by Crippen LogP contribution is -2.30. The highest BCUT2D eigenvalue weighted by Gasteiger charge is 2.30. The third-order valence-electron chi connectivity index (χ3n) is 3.65. The average molecular weight is 285 g/mol. The van der Waals surface area contributed by atoms with Crippen LogP contribution in [0.5, 0.6) is 0 Å². The van der Waals surface area contributed by atoms with Gasteiger partial charge in [-0.1, -0.05) is 45.0 Å². The Labute approximate surface area is 128 Å². The Morgan fingerprint density at radius 1 is 1.00 bits per heavy atom. The molecular weight excluding hydrogens is 258 g/mol. The zero-order valence-corrected chi connectivity index (χ0v) is 14.3. The summed E-state index contributed by atoms with van der Waals surface area (Å²) in [6, 6.07) is 8.27. The van der Waals surface area contributed by atoms with Crippen molar-refractivity contribution in [3.63, 3.8) is 0 Å². The number of anilines is 1. The lowest BCUT2D eigenvalue weighted by atomic mass is 9.94. The Bertz CT molecular complexity index is 652. The van der Waals surface area contributed by atoms with Gasteiger partial charge in [0.25, 0.3) is 0 Å². The van der Waals surface area contributed by atoms with Crippen molar-refractivity contribution in [2.24, 2.45) is 0 Å². The predicted molar refractivity (Wildman–Crippen MR) is 90.5 cm³/mol. The maximum absolute atomic E-state index is 6.49. The van der Waals surface area contributed by atoms with E-state index in [-0.39, 0.29) is 11.0 Å². The van der Waals surface area contributed by atoms with E-state index >= 15 is 0 Å². The summed E-state index contributed by atoms with van der Waals surface area (Å²) in [6.45, 7) is 15.1. The van der Waals surface area contributed by atoms with E-state index in [1.807, 2.05) is 12.1 Å². The maximum atomic E-state index is 6.49. The molecule has 0 aliphatic rings. The van der Waals surface area contributed by atoms with Gasteiger partial charge in [-0.2, -0.15) is 0 Å². The van der Waals surface area contributed by atoms with Gasteiger partial charge in [-0.25, -0.2) is 4.98 Å². The quantitative estimate of drug-likeness (QED) is 0.838. The summed E-state index contributed by atoms with van der Waals surface area (Å²) >= 11 is 0. The van der Waals surface area contributed by atoms with Crippen molar-refractivity contribution in [2.45, 2.75) is 59.4 Å². The van der Waals surface area contributed by atoms with E-state index in [0.717, 1.165) is 22.9 Å². The first-order valence-electron chi connectivity index (χ1n) is 7.48. The van der Waals surface area contributed by atoms with Crippen molar-refractivity contribution in [3.8, 4) is 11.3 Å². The van der Waals surface area contributed by atoms with Crippen molar-refractivity contribution < 1.29 is 0 Å². The molecular formula is C18H27N3. The molecule has 1 heterocycles. The maximum Gasteiger partial charge on any atom is 0.132 e. The van der Waals surface area contributed by atoms with Crippen LogP contribution in [0.1, 0.15) is 52.9 Å². The fraction of sp³-hybridized carbons (Fsp3) is 0.500. The fourth-order valence-electron chi connectivity index (χ4n) is 2.65. The number of aryl methyl sites for hydroxylation is 1. The Kier molecular flexibility index (Phi) is 3.64. The monoisotopic (exact) mass is 285 g/mol. The summed E-state index contributed by atoms with van der Waals surface area (Å²) in [6.07, 6.45) is 0. The van der Waals surface area contributed by atoms with Gasteiger partial charge >= 0.3 is 0 Å². The second-order valence-electron chi connectivity index (χ2n) is 7.74. The minimum Gasteiger partial charge on any atom is -0.383 e. The van der Waals surface area contributed by atoms with Gasteiger partial charge < -0.3 is 10.3 Å². The summed E-state index contributed by atoms with van der Waals surface area (Å²) in [5.74, 6) is 1.78. The zero-order valence-electron chi connectivity index (χ0n) is 14.3. The minimum atomic E-state index is -0.0966. The van der Waals surface area contributed by atoms with Gasteiger partial charge in [0.2, 0.25) is 0 Å². The largest absolute Gasteiger partial charge is 0.383 e. The van der Waals surface area contributed by atoms with Gasteiger partial charge in [-0.15, -0.1) is 0 Å². The second-order valence-corrected chi connectivity index (χ2v) is 7.74. The molecule has 0 bridgehead atoms. The van der Waals surface area contributed by atoms with Crippen molar-refractivity contribution in [1.82, 2.24) is 9.55 Å². The summed E-state index contributed by atoms with van der Waals surface area (Å²) in [5.41, 5.74) is 9.55. The van der Waals surface area contributed by atoms with E-state index in [0.29, 0.717) is 0 Å². The number of nitrogen functional groups attached to an aromatic ring is 1. The number of rotatable bonds is 1. The molecule has 114 valence electrons. The molecule has 1 aromatic heterocycles. The Morgan fingerprint density at radius 3 is 2.00 bits per heavy atom. The van der Waals surface area contributed by atoms with E-state index in [9.17, 15) is 0 Å². The van der Waals surface area contributed by atoms with Crippen molar-refractivity contribution in [3.05, 3.63) is 35.7 Å². The third kappa shape index (κ3) is 2.82. The fourth-order valence-corrected chi connectivity index (χ4v) is 2.65. The van der Waals surface area contributed by atoms with Crippen LogP contribution < -0.4 is 5.73 Å². The molecule has 0 unspecified atom stereocenters. The molecule has 2 aromatic rings. The smallest absolute Gasteiger partial charge is 0.132 e. The van der Waals surface area contributed by atoms with Crippen molar-refractivity contribution in [1.29, 1.82) is 0 Å². The second kappa shape index (κ2) is 4.90. The molecule has 0 fully saturated rings. The Morgan fingerprint density at radius 2 is 1.57 bits per heavy atom. The molecule has 0 aliphatic heterocycles. The number of benzene rings is 1. The van der Waals surface area contributed by atoms with E-state index in [1.165, 1.54) is 5.56 Å². The van der Waals surface area contributed by atoms with Crippen LogP contribution in [0.3, 0.4) is 0 Å². The van der Waals surface area contributed by atoms with Crippen LogP contribution in [-0.2, 0) is 11.0 Å². The lowest BCUT2D eigenvalue weighted by molar-refractivity contribution is 0.359.